The van der Waals surface area contributed by atoms with E-state index in [1.165, 1.54) is 24.3 Å². The fourth-order valence-corrected chi connectivity index (χ4v) is 5.03. The van der Waals surface area contributed by atoms with Gasteiger partial charge in [-0.2, -0.15) is 8.42 Å². The predicted octanol–water partition coefficient (Wildman–Crippen LogP) is 3.26. The molecule has 3 N–H and O–H groups in total. The van der Waals surface area contributed by atoms with Crippen molar-refractivity contribution in [2.24, 2.45) is 5.73 Å². The fraction of sp³-hybridized carbons (Fsp3) is 0.167. The Morgan fingerprint density at radius 2 is 1.93 bits per heavy atom. The van der Waals surface area contributed by atoms with Gasteiger partial charge in [-0.3, -0.25) is 13.7 Å². The van der Waals surface area contributed by atoms with Crippen LogP contribution in [0.1, 0.15) is 12.8 Å². The molecule has 7 nitrogen and oxygen atoms in total. The van der Waals surface area contributed by atoms with Gasteiger partial charge in [0.1, 0.15) is 5.58 Å². The molecule has 0 radical (unpaired) electrons. The van der Waals surface area contributed by atoms with Crippen molar-refractivity contribution in [3.05, 3.63) is 53.6 Å². The first kappa shape index (κ1) is 20.4. The molecule has 0 saturated heterocycles. The summed E-state index contributed by atoms with van der Waals surface area (Å²) in [4.78, 5) is 11.1. The van der Waals surface area contributed by atoms with Crippen molar-refractivity contribution in [2.45, 2.75) is 22.8 Å². The number of hydrogen-bond acceptors (Lipinski definition) is 5. The minimum Gasteiger partial charge on any atom is -0.443 e. The molecule has 0 saturated carbocycles. The molecule has 0 spiro atoms. The molecule has 0 aliphatic heterocycles. The lowest BCUT2D eigenvalue weighted by Crippen LogP contribution is -2.15. The second kappa shape index (κ2) is 8.34. The summed E-state index contributed by atoms with van der Waals surface area (Å²) in [5, 5.41) is 0.656. The zero-order valence-electron chi connectivity index (χ0n) is 14.6. The number of rotatable bonds is 8. The highest BCUT2D eigenvalue weighted by Crippen LogP contribution is 2.29. The standard InChI is InChI=1S/C18H17ClN2O5S2/c19-13-7-8-16(27(23)9-3-6-17(20)22)14(11-13)21-28(24,25)18-10-12-4-1-2-5-15(12)26-18/h1-2,4-5,7-8,10-11,21H,3,6,9H2,(H2,20,22). The Labute approximate surface area is 169 Å². The van der Waals surface area contributed by atoms with Gasteiger partial charge < -0.3 is 10.2 Å². The van der Waals surface area contributed by atoms with Crippen LogP contribution in [-0.4, -0.2) is 24.3 Å². The summed E-state index contributed by atoms with van der Waals surface area (Å²) in [6, 6.07) is 12.7. The monoisotopic (exact) mass is 440 g/mol. The number of furan rings is 1. The van der Waals surface area contributed by atoms with E-state index in [2.05, 4.69) is 4.72 Å². The maximum absolute atomic E-state index is 12.8. The van der Waals surface area contributed by atoms with Crippen LogP contribution in [0.3, 0.4) is 0 Å². The Morgan fingerprint density at radius 1 is 1.18 bits per heavy atom. The van der Waals surface area contributed by atoms with Crippen molar-refractivity contribution < 1.29 is 21.8 Å². The van der Waals surface area contributed by atoms with E-state index in [9.17, 15) is 17.4 Å². The molecule has 0 fully saturated rings. The van der Waals surface area contributed by atoms with Crippen LogP contribution < -0.4 is 10.5 Å². The van der Waals surface area contributed by atoms with Gasteiger partial charge in [0.2, 0.25) is 11.0 Å². The van der Waals surface area contributed by atoms with Crippen molar-refractivity contribution in [1.82, 2.24) is 0 Å². The molecular formula is C18H17ClN2O5S2. The van der Waals surface area contributed by atoms with E-state index in [1.807, 2.05) is 0 Å². The van der Waals surface area contributed by atoms with Crippen LogP contribution >= 0.6 is 11.6 Å². The summed E-state index contributed by atoms with van der Waals surface area (Å²) in [6.45, 7) is 0. The molecule has 1 atom stereocenters. The lowest BCUT2D eigenvalue weighted by Gasteiger charge is -2.12. The van der Waals surface area contributed by atoms with Gasteiger partial charge in [0.25, 0.3) is 10.0 Å². The molecule has 3 aromatic rings. The Bertz CT molecular complexity index is 1120. The highest BCUT2D eigenvalue weighted by atomic mass is 35.5. The molecule has 1 unspecified atom stereocenters. The second-order valence-electron chi connectivity index (χ2n) is 5.97. The third kappa shape index (κ3) is 4.73. The highest BCUT2D eigenvalue weighted by Gasteiger charge is 2.22. The van der Waals surface area contributed by atoms with E-state index < -0.39 is 26.7 Å². The summed E-state index contributed by atoms with van der Waals surface area (Å²) in [6.07, 6.45) is 0.416. The normalized spacial score (nSPS) is 12.8. The summed E-state index contributed by atoms with van der Waals surface area (Å²) in [7, 11) is -5.62. The van der Waals surface area contributed by atoms with E-state index in [1.54, 1.807) is 24.3 Å². The molecule has 28 heavy (non-hydrogen) atoms. The van der Waals surface area contributed by atoms with Crippen LogP contribution in [0.25, 0.3) is 11.0 Å². The van der Waals surface area contributed by atoms with E-state index in [-0.39, 0.29) is 32.9 Å². The van der Waals surface area contributed by atoms with Crippen molar-refractivity contribution in [3.8, 4) is 0 Å². The van der Waals surface area contributed by atoms with Crippen LogP contribution in [0.4, 0.5) is 5.69 Å². The average molecular weight is 441 g/mol. The number of fused-ring (bicyclic) bond motifs is 1. The van der Waals surface area contributed by atoms with Crippen LogP contribution in [-0.2, 0) is 25.6 Å². The molecule has 1 aromatic heterocycles. The van der Waals surface area contributed by atoms with E-state index in [0.717, 1.165) is 0 Å². The van der Waals surface area contributed by atoms with Crippen molar-refractivity contribution in [2.75, 3.05) is 10.5 Å². The predicted molar refractivity (Wildman–Crippen MR) is 108 cm³/mol. The summed E-state index contributed by atoms with van der Waals surface area (Å²) in [5.74, 6) is -0.330. The number of carbonyl (C=O) groups is 1. The number of amides is 1. The van der Waals surface area contributed by atoms with E-state index in [0.29, 0.717) is 17.4 Å². The quantitative estimate of drug-likeness (QED) is 0.557. The smallest absolute Gasteiger partial charge is 0.295 e. The van der Waals surface area contributed by atoms with Gasteiger partial charge in [-0.05, 0) is 30.7 Å². The van der Waals surface area contributed by atoms with Gasteiger partial charge in [0.05, 0.1) is 21.4 Å². The first-order valence-corrected chi connectivity index (χ1v) is 11.4. The van der Waals surface area contributed by atoms with Gasteiger partial charge in [-0.15, -0.1) is 0 Å². The van der Waals surface area contributed by atoms with Crippen molar-refractivity contribution >= 4 is 55.0 Å². The van der Waals surface area contributed by atoms with Gasteiger partial charge in [0.15, 0.2) is 0 Å². The number of sulfonamides is 1. The number of primary amides is 1. The van der Waals surface area contributed by atoms with Gasteiger partial charge in [-0.25, -0.2) is 0 Å². The van der Waals surface area contributed by atoms with E-state index >= 15 is 0 Å². The fourth-order valence-electron chi connectivity index (χ4n) is 2.55. The number of benzene rings is 2. The molecule has 3 rings (SSSR count). The topological polar surface area (TPSA) is 119 Å². The van der Waals surface area contributed by atoms with Gasteiger partial charge in [-0.1, -0.05) is 29.8 Å². The molecule has 2 aromatic carbocycles. The third-order valence-electron chi connectivity index (χ3n) is 3.85. The Kier molecular flexibility index (Phi) is 6.07. The zero-order chi connectivity index (χ0) is 20.3. The number of carbonyl (C=O) groups excluding carboxylic acids is 1. The van der Waals surface area contributed by atoms with E-state index in [4.69, 9.17) is 21.8 Å². The second-order valence-corrected chi connectivity index (χ2v) is 9.56. The number of nitrogens with one attached hydrogen (secondary N) is 1. The minimum atomic E-state index is -4.07. The number of halogens is 1. The third-order valence-corrected chi connectivity index (χ3v) is 6.81. The Morgan fingerprint density at radius 3 is 2.64 bits per heavy atom. The molecule has 0 aliphatic carbocycles. The largest absolute Gasteiger partial charge is 0.443 e. The maximum atomic E-state index is 12.8. The molecule has 10 heteroatoms. The molecular weight excluding hydrogens is 424 g/mol. The van der Waals surface area contributed by atoms with Crippen LogP contribution in [0.15, 0.2) is 62.9 Å². The zero-order valence-corrected chi connectivity index (χ0v) is 16.9. The molecule has 1 heterocycles. The molecule has 0 bridgehead atoms. The highest BCUT2D eigenvalue weighted by molar-refractivity contribution is 7.92. The minimum absolute atomic E-state index is 0.0883. The number of para-hydroxylation sites is 1. The van der Waals surface area contributed by atoms with Crippen LogP contribution in [0.2, 0.25) is 5.02 Å². The summed E-state index contributed by atoms with van der Waals surface area (Å²) in [5.41, 5.74) is 5.61. The summed E-state index contributed by atoms with van der Waals surface area (Å²) >= 11 is 5.99. The number of nitrogens with two attached hydrogens (primary N) is 1. The SMILES string of the molecule is NC(=O)CCCS(=O)c1ccc(Cl)cc1NS(=O)(=O)c1cc2ccccc2o1. The Hall–Kier alpha value is -2.36. The molecule has 0 aliphatic rings. The first-order valence-electron chi connectivity index (χ1n) is 8.24. The van der Waals surface area contributed by atoms with Gasteiger partial charge >= 0.3 is 0 Å². The Balaban J connectivity index is 1.89. The van der Waals surface area contributed by atoms with Crippen molar-refractivity contribution in [3.63, 3.8) is 0 Å². The lowest BCUT2D eigenvalue weighted by molar-refractivity contribution is -0.118. The molecule has 1 amide bonds. The first-order chi connectivity index (χ1) is 13.3. The average Bonchev–Trinajstić information content (AvgIpc) is 3.06. The van der Waals surface area contributed by atoms with Gasteiger partial charge in [0, 0.05) is 28.6 Å². The maximum Gasteiger partial charge on any atom is 0.295 e. The summed E-state index contributed by atoms with van der Waals surface area (Å²) < 4.78 is 45.9. The number of anilines is 1. The van der Waals surface area contributed by atoms with Crippen molar-refractivity contribution in [1.29, 1.82) is 0 Å². The lowest BCUT2D eigenvalue weighted by atomic mass is 10.3. The molecule has 148 valence electrons. The van der Waals surface area contributed by atoms with Crippen LogP contribution in [0.5, 0.6) is 0 Å². The van der Waals surface area contributed by atoms with Crippen LogP contribution in [0, 0.1) is 0 Å². The number of hydrogen-bond donors (Lipinski definition) is 2.